The number of hydrogen-bond donors (Lipinski definition) is 1. The molecule has 172 valence electrons. The fourth-order valence-electron chi connectivity index (χ4n) is 4.72. The van der Waals surface area contributed by atoms with E-state index >= 15 is 0 Å². The maximum absolute atomic E-state index is 13.3. The Kier molecular flexibility index (Phi) is 5.19. The molecule has 0 saturated carbocycles. The molecule has 0 unspecified atom stereocenters. The molecule has 0 spiro atoms. The number of rotatable bonds is 4. The van der Waals surface area contributed by atoms with Crippen molar-refractivity contribution in [3.05, 3.63) is 59.4 Å². The number of halogens is 1. The Morgan fingerprint density at radius 3 is 2.61 bits per heavy atom. The van der Waals surface area contributed by atoms with Crippen molar-refractivity contribution >= 4 is 17.8 Å². The lowest BCUT2D eigenvalue weighted by Crippen LogP contribution is -2.44. The second-order valence-corrected chi connectivity index (χ2v) is 8.60. The van der Waals surface area contributed by atoms with Crippen LogP contribution in [0.1, 0.15) is 36.9 Å². The quantitative estimate of drug-likeness (QED) is 0.720. The van der Waals surface area contributed by atoms with E-state index in [1.54, 1.807) is 11.8 Å². The van der Waals surface area contributed by atoms with E-state index in [-0.39, 0.29) is 18.5 Å². The fourth-order valence-corrected chi connectivity index (χ4v) is 4.72. The number of likely N-dealkylation sites (tertiary alicyclic amines) is 1. The van der Waals surface area contributed by atoms with Gasteiger partial charge in [0.1, 0.15) is 31.1 Å². The van der Waals surface area contributed by atoms with Crippen molar-refractivity contribution in [2.75, 3.05) is 26.3 Å². The van der Waals surface area contributed by atoms with Crippen LogP contribution in [0, 0.1) is 5.82 Å². The summed E-state index contributed by atoms with van der Waals surface area (Å²) in [7, 11) is 0. The van der Waals surface area contributed by atoms with Gasteiger partial charge in [-0.05, 0) is 55.2 Å². The summed E-state index contributed by atoms with van der Waals surface area (Å²) in [5.74, 6) is 0.0506. The van der Waals surface area contributed by atoms with Gasteiger partial charge in [-0.2, -0.15) is 0 Å². The molecule has 2 aromatic rings. The average molecular weight is 453 g/mol. The SMILES string of the molecule is C[C@@]1(c2ccc(F)cc2)NC(=O)N(CC(=O)N2CCC[C@H]2c2ccc3c(c2)OCCO3)C1=O. The van der Waals surface area contributed by atoms with E-state index in [1.807, 2.05) is 18.2 Å². The molecule has 9 heteroatoms. The van der Waals surface area contributed by atoms with E-state index in [9.17, 15) is 18.8 Å². The summed E-state index contributed by atoms with van der Waals surface area (Å²) < 4.78 is 24.6. The number of carbonyl (C=O) groups is 3. The average Bonchev–Trinajstić information content (AvgIpc) is 3.39. The summed E-state index contributed by atoms with van der Waals surface area (Å²) in [4.78, 5) is 41.6. The van der Waals surface area contributed by atoms with Crippen molar-refractivity contribution in [2.45, 2.75) is 31.3 Å². The molecule has 3 aliphatic rings. The number of imide groups is 1. The van der Waals surface area contributed by atoms with Crippen LogP contribution in [0.25, 0.3) is 0 Å². The second kappa shape index (κ2) is 8.06. The van der Waals surface area contributed by atoms with Gasteiger partial charge >= 0.3 is 6.03 Å². The minimum absolute atomic E-state index is 0.169. The van der Waals surface area contributed by atoms with E-state index in [0.29, 0.717) is 36.8 Å². The third-order valence-electron chi connectivity index (χ3n) is 6.51. The molecule has 2 aromatic carbocycles. The van der Waals surface area contributed by atoms with Crippen LogP contribution >= 0.6 is 0 Å². The van der Waals surface area contributed by atoms with Gasteiger partial charge in [-0.15, -0.1) is 0 Å². The van der Waals surface area contributed by atoms with E-state index in [4.69, 9.17) is 9.47 Å². The van der Waals surface area contributed by atoms with E-state index in [1.165, 1.54) is 24.3 Å². The molecule has 0 radical (unpaired) electrons. The standard InChI is InChI=1S/C24H24FN3O5/c1-24(16-5-7-17(25)8-6-16)22(30)28(23(31)26-24)14-21(29)27-10-2-3-18(27)15-4-9-19-20(13-15)33-12-11-32-19/h4-9,13,18H,2-3,10-12,14H2,1H3,(H,26,31)/t18-,24-/m0/s1. The highest BCUT2D eigenvalue weighted by atomic mass is 19.1. The molecule has 0 bridgehead atoms. The molecule has 2 fully saturated rings. The van der Waals surface area contributed by atoms with Crippen LogP contribution in [-0.2, 0) is 15.1 Å². The summed E-state index contributed by atoms with van der Waals surface area (Å²) in [6.45, 7) is 2.71. The van der Waals surface area contributed by atoms with Gasteiger partial charge in [0.15, 0.2) is 11.5 Å². The zero-order chi connectivity index (χ0) is 23.2. The number of fused-ring (bicyclic) bond motifs is 1. The number of amides is 4. The van der Waals surface area contributed by atoms with Gasteiger partial charge in [0, 0.05) is 6.54 Å². The van der Waals surface area contributed by atoms with Gasteiger partial charge in [0.2, 0.25) is 5.91 Å². The third-order valence-corrected chi connectivity index (χ3v) is 6.51. The minimum atomic E-state index is -1.36. The number of urea groups is 1. The zero-order valence-electron chi connectivity index (χ0n) is 18.2. The van der Waals surface area contributed by atoms with Gasteiger partial charge in [-0.3, -0.25) is 14.5 Å². The Hall–Kier alpha value is -3.62. The summed E-state index contributed by atoms with van der Waals surface area (Å²) in [5, 5.41) is 2.65. The monoisotopic (exact) mass is 453 g/mol. The van der Waals surface area contributed by atoms with Crippen molar-refractivity contribution in [1.29, 1.82) is 0 Å². The van der Waals surface area contributed by atoms with Crippen molar-refractivity contribution in [3.63, 3.8) is 0 Å². The molecule has 33 heavy (non-hydrogen) atoms. The van der Waals surface area contributed by atoms with Crippen molar-refractivity contribution in [2.24, 2.45) is 0 Å². The first-order valence-corrected chi connectivity index (χ1v) is 11.0. The Bertz CT molecular complexity index is 1120. The molecule has 2 saturated heterocycles. The lowest BCUT2D eigenvalue weighted by atomic mass is 9.92. The highest BCUT2D eigenvalue weighted by Crippen LogP contribution is 2.38. The van der Waals surface area contributed by atoms with Crippen molar-refractivity contribution < 1.29 is 28.2 Å². The van der Waals surface area contributed by atoms with Crippen molar-refractivity contribution in [1.82, 2.24) is 15.1 Å². The number of ether oxygens (including phenoxy) is 2. The summed E-state index contributed by atoms with van der Waals surface area (Å²) >= 11 is 0. The first-order valence-electron chi connectivity index (χ1n) is 11.0. The normalized spacial score (nSPS) is 24.2. The highest BCUT2D eigenvalue weighted by molar-refractivity contribution is 6.09. The van der Waals surface area contributed by atoms with Crippen LogP contribution in [0.15, 0.2) is 42.5 Å². The predicted octanol–water partition coefficient (Wildman–Crippen LogP) is 2.73. The van der Waals surface area contributed by atoms with Gasteiger partial charge in [0.25, 0.3) is 5.91 Å². The van der Waals surface area contributed by atoms with E-state index < -0.39 is 23.3 Å². The lowest BCUT2D eigenvalue weighted by molar-refractivity contribution is -0.139. The number of benzene rings is 2. The first kappa shape index (κ1) is 21.2. The Labute approximate surface area is 190 Å². The topological polar surface area (TPSA) is 88.2 Å². The molecule has 1 N–H and O–H groups in total. The fraction of sp³-hybridized carbons (Fsp3) is 0.375. The van der Waals surface area contributed by atoms with Crippen LogP contribution in [0.5, 0.6) is 11.5 Å². The number of carbonyl (C=O) groups excluding carboxylic acids is 3. The van der Waals surface area contributed by atoms with E-state index in [0.717, 1.165) is 23.3 Å². The molecular formula is C24H24FN3O5. The molecule has 2 atom stereocenters. The molecule has 5 rings (SSSR count). The zero-order valence-corrected chi connectivity index (χ0v) is 18.2. The summed E-state index contributed by atoms with van der Waals surface area (Å²) in [5.41, 5.74) is 0.0247. The summed E-state index contributed by atoms with van der Waals surface area (Å²) in [6, 6.07) is 10.2. The minimum Gasteiger partial charge on any atom is -0.486 e. The van der Waals surface area contributed by atoms with Gasteiger partial charge in [0.05, 0.1) is 6.04 Å². The van der Waals surface area contributed by atoms with Crippen LogP contribution in [0.2, 0.25) is 0 Å². The van der Waals surface area contributed by atoms with Crippen molar-refractivity contribution in [3.8, 4) is 11.5 Å². The second-order valence-electron chi connectivity index (χ2n) is 8.60. The van der Waals surface area contributed by atoms with Crippen LogP contribution in [0.4, 0.5) is 9.18 Å². The Morgan fingerprint density at radius 2 is 1.85 bits per heavy atom. The molecule has 0 aliphatic carbocycles. The van der Waals surface area contributed by atoms with Crippen LogP contribution in [-0.4, -0.2) is 53.9 Å². The Balaban J connectivity index is 1.33. The van der Waals surface area contributed by atoms with Gasteiger partial charge in [-0.1, -0.05) is 18.2 Å². The molecular weight excluding hydrogens is 429 g/mol. The highest BCUT2D eigenvalue weighted by Gasteiger charge is 2.50. The van der Waals surface area contributed by atoms with Gasteiger partial charge in [-0.25, -0.2) is 9.18 Å². The maximum Gasteiger partial charge on any atom is 0.325 e. The maximum atomic E-state index is 13.3. The first-order chi connectivity index (χ1) is 15.9. The smallest absolute Gasteiger partial charge is 0.325 e. The van der Waals surface area contributed by atoms with Crippen LogP contribution < -0.4 is 14.8 Å². The number of nitrogens with zero attached hydrogens (tertiary/aromatic N) is 2. The molecule has 3 heterocycles. The molecule has 4 amide bonds. The third kappa shape index (κ3) is 3.67. The van der Waals surface area contributed by atoms with Crippen LogP contribution in [0.3, 0.4) is 0 Å². The molecule has 3 aliphatic heterocycles. The van der Waals surface area contributed by atoms with Gasteiger partial charge < -0.3 is 19.7 Å². The number of nitrogens with one attached hydrogen (secondary N) is 1. The summed E-state index contributed by atoms with van der Waals surface area (Å²) in [6.07, 6.45) is 1.59. The lowest BCUT2D eigenvalue weighted by Gasteiger charge is -2.28. The molecule has 8 nitrogen and oxygen atoms in total. The predicted molar refractivity (Wildman–Crippen MR) is 115 cm³/mol. The largest absolute Gasteiger partial charge is 0.486 e. The number of hydrogen-bond acceptors (Lipinski definition) is 5. The van der Waals surface area contributed by atoms with E-state index in [2.05, 4.69) is 5.32 Å². The molecule has 0 aromatic heterocycles. The Morgan fingerprint density at radius 1 is 1.12 bits per heavy atom.